The van der Waals surface area contributed by atoms with Crippen molar-refractivity contribution < 1.29 is 38.0 Å². The summed E-state index contributed by atoms with van der Waals surface area (Å²) in [5.41, 5.74) is 1.94. The number of ether oxygens (including phenoxy) is 1. The topological polar surface area (TPSA) is 38.3 Å². The molecule has 3 atom stereocenters. The Bertz CT molecular complexity index is 1020. The van der Waals surface area contributed by atoms with Crippen LogP contribution in [0.5, 0.6) is 11.5 Å². The first kappa shape index (κ1) is 26.0. The Balaban J connectivity index is 0.00000267. The summed E-state index contributed by atoms with van der Waals surface area (Å²) < 4.78 is 7.30. The van der Waals surface area contributed by atoms with E-state index >= 15 is 0 Å². The zero-order valence-corrected chi connectivity index (χ0v) is 23.8. The molecule has 1 N–H and O–H groups in total. The molecule has 36 heavy (non-hydrogen) atoms. The van der Waals surface area contributed by atoms with Gasteiger partial charge in [-0.05, 0) is 36.8 Å². The molecule has 2 aliphatic carbocycles. The molecular weight excluding hydrogens is 559 g/mol. The lowest BCUT2D eigenvalue weighted by Gasteiger charge is -2.47. The van der Waals surface area contributed by atoms with Gasteiger partial charge in [0.1, 0.15) is 11.5 Å². The second-order valence-corrected chi connectivity index (χ2v) is 12.0. The number of benzene rings is 2. The number of hydrogen-bond donors (Lipinski definition) is 1. The Kier molecular flexibility index (Phi) is 7.97. The number of likely N-dealkylation sites (tertiary alicyclic amines) is 1. The van der Waals surface area contributed by atoms with E-state index in [1.165, 1.54) is 69.1 Å². The van der Waals surface area contributed by atoms with Gasteiger partial charge in [0.25, 0.3) is 0 Å². The molecule has 1 saturated heterocycles. The average molecular weight is 601 g/mol. The smallest absolute Gasteiger partial charge is 0.232 e. The van der Waals surface area contributed by atoms with Crippen molar-refractivity contribution in [2.45, 2.75) is 69.7 Å². The minimum Gasteiger partial charge on any atom is -1.00 e. The van der Waals surface area contributed by atoms with Crippen molar-refractivity contribution in [2.75, 3.05) is 26.7 Å². The van der Waals surface area contributed by atoms with Gasteiger partial charge in [-0.3, -0.25) is 4.79 Å². The summed E-state index contributed by atoms with van der Waals surface area (Å²) >= 11 is 0. The van der Waals surface area contributed by atoms with Gasteiger partial charge in [0, 0.05) is 35.9 Å². The first-order valence-electron chi connectivity index (χ1n) is 14.1. The number of amides is 1. The number of nitrogens with one attached hydrogen (secondary N) is 1. The Hall–Kier alpha value is -1.60. The van der Waals surface area contributed by atoms with Crippen LogP contribution in [0.2, 0.25) is 0 Å². The van der Waals surface area contributed by atoms with Gasteiger partial charge in [-0.25, -0.2) is 0 Å². The molecule has 2 aromatic carbocycles. The normalized spacial score (nSPS) is 31.6. The van der Waals surface area contributed by atoms with E-state index in [0.717, 1.165) is 53.2 Å². The number of halogens is 1. The summed E-state index contributed by atoms with van der Waals surface area (Å²) in [6, 6.07) is 16.2. The maximum Gasteiger partial charge on any atom is 0.232 e. The highest BCUT2D eigenvalue weighted by Crippen LogP contribution is 2.46. The highest BCUT2D eigenvalue weighted by molar-refractivity contribution is 5.89. The Morgan fingerprint density at radius 2 is 1.47 bits per heavy atom. The molecule has 5 heteroatoms. The number of quaternary nitrogens is 1. The largest absolute Gasteiger partial charge is 1.00 e. The minimum absolute atomic E-state index is 0. The van der Waals surface area contributed by atoms with E-state index in [1.807, 2.05) is 48.5 Å². The third-order valence-corrected chi connectivity index (χ3v) is 9.72. The molecule has 2 saturated carbocycles. The van der Waals surface area contributed by atoms with Gasteiger partial charge < -0.3 is 38.5 Å². The van der Waals surface area contributed by atoms with E-state index in [4.69, 9.17) is 4.74 Å². The van der Waals surface area contributed by atoms with Gasteiger partial charge in [-0.2, -0.15) is 0 Å². The minimum atomic E-state index is -0.301. The van der Waals surface area contributed by atoms with E-state index in [9.17, 15) is 4.79 Å². The fourth-order valence-electron chi connectivity index (χ4n) is 7.86. The third-order valence-electron chi connectivity index (χ3n) is 9.72. The van der Waals surface area contributed by atoms with Crippen LogP contribution < -0.4 is 34.0 Å². The Morgan fingerprint density at radius 3 is 2.17 bits per heavy atom. The van der Waals surface area contributed by atoms with Crippen LogP contribution in [-0.4, -0.2) is 43.1 Å². The lowest BCUT2D eigenvalue weighted by atomic mass is 9.65. The van der Waals surface area contributed by atoms with Crippen LogP contribution in [-0.2, 0) is 4.79 Å². The molecule has 4 aliphatic rings. The van der Waals surface area contributed by atoms with E-state index in [0.29, 0.717) is 0 Å². The Morgan fingerprint density at radius 1 is 0.861 bits per heavy atom. The zero-order chi connectivity index (χ0) is 23.8. The number of hydrogen-bond acceptors (Lipinski definition) is 2. The molecule has 0 spiro atoms. The molecule has 6 rings (SSSR count). The maximum atomic E-state index is 13.7. The molecule has 2 aliphatic heterocycles. The lowest BCUT2D eigenvalue weighted by Crippen LogP contribution is -3.00. The number of fused-ring (bicyclic) bond motifs is 3. The van der Waals surface area contributed by atoms with Crippen LogP contribution in [0.15, 0.2) is 48.5 Å². The van der Waals surface area contributed by atoms with Gasteiger partial charge in [0.2, 0.25) is 5.91 Å². The van der Waals surface area contributed by atoms with Gasteiger partial charge in [-0.15, -0.1) is 0 Å². The van der Waals surface area contributed by atoms with Gasteiger partial charge in [0.05, 0.1) is 32.6 Å². The predicted octanol–water partition coefficient (Wildman–Crippen LogP) is 3.26. The molecule has 1 amide bonds. The van der Waals surface area contributed by atoms with E-state index in [1.54, 1.807) is 0 Å². The first-order valence-corrected chi connectivity index (χ1v) is 14.1. The average Bonchev–Trinajstić information content (AvgIpc) is 2.89. The highest BCUT2D eigenvalue weighted by atomic mass is 127. The molecule has 0 aromatic heterocycles. The maximum absolute atomic E-state index is 13.7. The highest BCUT2D eigenvalue weighted by Gasteiger charge is 2.41. The van der Waals surface area contributed by atoms with Crippen molar-refractivity contribution in [1.82, 2.24) is 5.32 Å². The van der Waals surface area contributed by atoms with Crippen molar-refractivity contribution in [3.05, 3.63) is 59.7 Å². The van der Waals surface area contributed by atoms with Crippen molar-refractivity contribution in [3.63, 3.8) is 0 Å². The summed E-state index contributed by atoms with van der Waals surface area (Å²) in [6.45, 7) is 3.71. The van der Waals surface area contributed by atoms with Crippen molar-refractivity contribution in [1.29, 1.82) is 0 Å². The number of carbonyl (C=O) groups is 1. The van der Waals surface area contributed by atoms with Gasteiger partial charge >= 0.3 is 0 Å². The lowest BCUT2D eigenvalue weighted by molar-refractivity contribution is -0.918. The van der Waals surface area contributed by atoms with Crippen LogP contribution in [0.4, 0.5) is 0 Å². The van der Waals surface area contributed by atoms with Crippen LogP contribution in [0, 0.1) is 17.8 Å². The van der Waals surface area contributed by atoms with E-state index in [2.05, 4.69) is 12.4 Å². The second-order valence-electron chi connectivity index (χ2n) is 12.0. The number of carbonyl (C=O) groups excluding carboxylic acids is 1. The summed E-state index contributed by atoms with van der Waals surface area (Å²) in [4.78, 5) is 13.7. The molecule has 0 bridgehead atoms. The van der Waals surface area contributed by atoms with Crippen molar-refractivity contribution in [3.8, 4) is 11.5 Å². The number of nitrogens with zero attached hydrogens (tertiary/aromatic N) is 1. The standard InChI is InChI=1S/C31H40N2O2.HI/c1-33(21-23-11-8-10-22-9-2-3-12-25(22)23)19-17-24(18-20-33)32-31(34)30-26-13-4-6-15-28(26)35-29-16-7-5-14-27(29)30;/h4-7,13-16,22-25,30H,2-3,8-12,17-21H2,1H3;1H. The molecular formula is C31H41IN2O2. The molecule has 3 fully saturated rings. The predicted molar refractivity (Wildman–Crippen MR) is 140 cm³/mol. The summed E-state index contributed by atoms with van der Waals surface area (Å²) in [6.07, 6.45) is 12.4. The first-order chi connectivity index (χ1) is 17.1. The van der Waals surface area contributed by atoms with Crippen molar-refractivity contribution in [2.24, 2.45) is 17.8 Å². The van der Waals surface area contributed by atoms with Crippen LogP contribution in [0.25, 0.3) is 0 Å². The van der Waals surface area contributed by atoms with Crippen LogP contribution in [0.1, 0.15) is 74.8 Å². The summed E-state index contributed by atoms with van der Waals surface area (Å²) in [5, 5.41) is 3.45. The molecule has 2 heterocycles. The van der Waals surface area contributed by atoms with Gasteiger partial charge in [-0.1, -0.05) is 68.5 Å². The third kappa shape index (κ3) is 5.20. The number of rotatable bonds is 4. The zero-order valence-electron chi connectivity index (χ0n) is 21.6. The van der Waals surface area contributed by atoms with Crippen molar-refractivity contribution >= 4 is 5.91 Å². The monoisotopic (exact) mass is 600 g/mol. The summed E-state index contributed by atoms with van der Waals surface area (Å²) in [5.74, 6) is 4.33. The molecule has 0 radical (unpaired) electrons. The van der Waals surface area contributed by atoms with Gasteiger partial charge in [0.15, 0.2) is 0 Å². The number of para-hydroxylation sites is 2. The van der Waals surface area contributed by atoms with E-state index < -0.39 is 0 Å². The molecule has 194 valence electrons. The molecule has 2 aromatic rings. The second kappa shape index (κ2) is 11.0. The van der Waals surface area contributed by atoms with Crippen LogP contribution >= 0.6 is 0 Å². The summed E-state index contributed by atoms with van der Waals surface area (Å²) in [7, 11) is 2.48. The number of piperidine rings is 1. The van der Waals surface area contributed by atoms with Crippen LogP contribution in [0.3, 0.4) is 0 Å². The quantitative estimate of drug-likeness (QED) is 0.433. The van der Waals surface area contributed by atoms with E-state index in [-0.39, 0.29) is 41.8 Å². The molecule has 3 unspecified atom stereocenters. The fourth-order valence-corrected chi connectivity index (χ4v) is 7.86. The Labute approximate surface area is 233 Å². The fraction of sp³-hybridized carbons (Fsp3) is 0.581. The molecule has 4 nitrogen and oxygen atoms in total. The SMILES string of the molecule is C[N+]1(CC2CCCC3CCCCC32)CCC(NC(=O)C2c3ccccc3Oc3ccccc32)CC1.[I-].